The molecule has 0 saturated carbocycles. The van der Waals surface area contributed by atoms with Gasteiger partial charge in [-0.3, -0.25) is 10.2 Å². The number of rotatable bonds is 6. The molecule has 0 radical (unpaired) electrons. The Bertz CT molecular complexity index is 442. The Balaban J connectivity index is 2.55. The maximum Gasteiger partial charge on any atom is 0.353 e. The van der Waals surface area contributed by atoms with Gasteiger partial charge in [-0.25, -0.2) is 4.79 Å². The van der Waals surface area contributed by atoms with Crippen molar-refractivity contribution in [2.24, 2.45) is 5.92 Å². The number of carbonyl (C=O) groups excluding carboxylic acids is 1. The Hall–Kier alpha value is -2.17. The molecule has 0 aliphatic heterocycles. The van der Waals surface area contributed by atoms with E-state index in [1.165, 1.54) is 0 Å². The fourth-order valence-electron chi connectivity index (χ4n) is 1.45. The van der Waals surface area contributed by atoms with Crippen molar-refractivity contribution in [3.05, 3.63) is 35.9 Å². The summed E-state index contributed by atoms with van der Waals surface area (Å²) in [5, 5.41) is 16.3. The molecule has 1 unspecified atom stereocenters. The second-order valence-corrected chi connectivity index (χ2v) is 3.77. The van der Waals surface area contributed by atoms with Crippen LogP contribution in [0.5, 0.6) is 0 Å². The van der Waals surface area contributed by atoms with Crippen molar-refractivity contribution in [3.8, 4) is 0 Å². The third-order valence-electron chi connectivity index (χ3n) is 2.49. The summed E-state index contributed by atoms with van der Waals surface area (Å²) in [4.78, 5) is 22.3. The predicted molar refractivity (Wildman–Crippen MR) is 65.4 cm³/mol. The van der Waals surface area contributed by atoms with Crippen LogP contribution < -0.4 is 0 Å². The number of carboxylic acids is 1. The molecule has 1 rings (SSSR count). The van der Waals surface area contributed by atoms with Crippen molar-refractivity contribution in [2.75, 3.05) is 0 Å². The Kier molecular flexibility index (Phi) is 5.05. The van der Waals surface area contributed by atoms with Gasteiger partial charge in [0.1, 0.15) is 18.2 Å². The first-order valence-corrected chi connectivity index (χ1v) is 5.58. The number of hydrogen-bond acceptors (Lipinski definition) is 4. The minimum Gasteiger partial charge on any atom is -0.481 e. The Morgan fingerprint density at radius 2 is 1.94 bits per heavy atom. The summed E-state index contributed by atoms with van der Waals surface area (Å²) in [6.07, 6.45) is 0.189. The van der Waals surface area contributed by atoms with E-state index in [0.717, 1.165) is 5.56 Å². The zero-order chi connectivity index (χ0) is 13.5. The van der Waals surface area contributed by atoms with E-state index in [4.69, 9.17) is 15.3 Å². The zero-order valence-electron chi connectivity index (χ0n) is 10.1. The van der Waals surface area contributed by atoms with Gasteiger partial charge in [-0.1, -0.05) is 37.3 Å². The molecule has 0 saturated heterocycles. The summed E-state index contributed by atoms with van der Waals surface area (Å²) >= 11 is 0. The molecular weight excluding hydrogens is 234 g/mol. The number of carboxylic acid groups (broad SMARTS) is 1. The average molecular weight is 249 g/mol. The van der Waals surface area contributed by atoms with Crippen molar-refractivity contribution >= 4 is 17.7 Å². The van der Waals surface area contributed by atoms with E-state index < -0.39 is 23.6 Å². The van der Waals surface area contributed by atoms with Crippen LogP contribution in [0.25, 0.3) is 0 Å². The molecule has 1 atom stereocenters. The van der Waals surface area contributed by atoms with E-state index in [9.17, 15) is 9.59 Å². The van der Waals surface area contributed by atoms with E-state index in [2.05, 4.69) is 0 Å². The molecule has 0 spiro atoms. The molecule has 0 aromatic heterocycles. The number of nitrogens with one attached hydrogen (secondary N) is 1. The van der Waals surface area contributed by atoms with E-state index >= 15 is 0 Å². The van der Waals surface area contributed by atoms with Gasteiger partial charge >= 0.3 is 11.9 Å². The molecule has 18 heavy (non-hydrogen) atoms. The first-order valence-electron chi connectivity index (χ1n) is 5.58. The van der Waals surface area contributed by atoms with E-state index in [1.54, 1.807) is 31.2 Å². The fraction of sp³-hybridized carbons (Fsp3) is 0.308. The Morgan fingerprint density at radius 3 is 2.44 bits per heavy atom. The first kappa shape index (κ1) is 13.9. The second-order valence-electron chi connectivity index (χ2n) is 3.77. The summed E-state index contributed by atoms with van der Waals surface area (Å²) in [7, 11) is 0. The molecule has 2 N–H and O–H groups in total. The number of benzene rings is 1. The molecule has 0 bridgehead atoms. The fourth-order valence-corrected chi connectivity index (χ4v) is 1.45. The lowest BCUT2D eigenvalue weighted by atomic mass is 10.0. The van der Waals surface area contributed by atoms with Crippen LogP contribution in [-0.4, -0.2) is 22.8 Å². The molecule has 5 heteroatoms. The second kappa shape index (κ2) is 6.54. The van der Waals surface area contributed by atoms with Gasteiger partial charge in [-0.2, -0.15) is 0 Å². The standard InChI is InChI=1S/C13H15NO4/c1-2-10(12(15)16)11(14)13(17)18-8-9-6-4-3-5-7-9/h3-7,10,14H,2,8H2,1H3,(H,15,16). The molecular formula is C13H15NO4. The normalized spacial score (nSPS) is 11.6. The molecule has 0 aliphatic rings. The number of carbonyl (C=O) groups is 2. The van der Waals surface area contributed by atoms with Crippen LogP contribution in [0, 0.1) is 11.3 Å². The highest BCUT2D eigenvalue weighted by Gasteiger charge is 2.27. The van der Waals surface area contributed by atoms with E-state index in [-0.39, 0.29) is 13.0 Å². The predicted octanol–water partition coefficient (Wildman–Crippen LogP) is 1.86. The Morgan fingerprint density at radius 1 is 1.33 bits per heavy atom. The molecule has 0 amide bonds. The molecule has 5 nitrogen and oxygen atoms in total. The van der Waals surface area contributed by atoms with Gasteiger partial charge in [-0.05, 0) is 12.0 Å². The van der Waals surface area contributed by atoms with Crippen molar-refractivity contribution in [1.29, 1.82) is 5.41 Å². The maximum absolute atomic E-state index is 11.5. The summed E-state index contributed by atoms with van der Waals surface area (Å²) < 4.78 is 4.90. The van der Waals surface area contributed by atoms with Gasteiger partial charge in [0, 0.05) is 0 Å². The molecule has 0 aliphatic carbocycles. The number of aliphatic carboxylic acids is 1. The maximum atomic E-state index is 11.5. The molecule has 0 fully saturated rings. The van der Waals surface area contributed by atoms with Gasteiger partial charge in [0.15, 0.2) is 0 Å². The third-order valence-corrected chi connectivity index (χ3v) is 2.49. The van der Waals surface area contributed by atoms with Gasteiger partial charge in [0.2, 0.25) is 0 Å². The van der Waals surface area contributed by atoms with Crippen molar-refractivity contribution in [3.63, 3.8) is 0 Å². The smallest absolute Gasteiger partial charge is 0.353 e. The highest BCUT2D eigenvalue weighted by molar-refractivity contribution is 6.39. The van der Waals surface area contributed by atoms with Crippen molar-refractivity contribution in [1.82, 2.24) is 0 Å². The summed E-state index contributed by atoms with van der Waals surface area (Å²) in [6.45, 7) is 1.65. The summed E-state index contributed by atoms with van der Waals surface area (Å²) in [5.41, 5.74) is 0.281. The minimum absolute atomic E-state index is 0.0398. The zero-order valence-corrected chi connectivity index (χ0v) is 10.1. The van der Waals surface area contributed by atoms with E-state index in [1.807, 2.05) is 6.07 Å². The van der Waals surface area contributed by atoms with Crippen LogP contribution in [0.1, 0.15) is 18.9 Å². The molecule has 1 aromatic carbocycles. The van der Waals surface area contributed by atoms with Gasteiger partial charge < -0.3 is 9.84 Å². The third kappa shape index (κ3) is 3.69. The van der Waals surface area contributed by atoms with Crippen LogP contribution in [0.15, 0.2) is 30.3 Å². The van der Waals surface area contributed by atoms with Crippen LogP contribution in [0.2, 0.25) is 0 Å². The monoisotopic (exact) mass is 249 g/mol. The average Bonchev–Trinajstić information content (AvgIpc) is 2.37. The number of hydrogen-bond donors (Lipinski definition) is 2. The van der Waals surface area contributed by atoms with E-state index in [0.29, 0.717) is 0 Å². The Labute approximate surface area is 105 Å². The highest BCUT2D eigenvalue weighted by Crippen LogP contribution is 2.08. The van der Waals surface area contributed by atoms with Crippen LogP contribution in [0.4, 0.5) is 0 Å². The summed E-state index contributed by atoms with van der Waals surface area (Å²) in [5.74, 6) is -3.17. The molecule has 0 heterocycles. The lowest BCUT2D eigenvalue weighted by Gasteiger charge is -2.11. The SMILES string of the molecule is CCC(C(=N)C(=O)OCc1ccccc1)C(=O)O. The lowest BCUT2D eigenvalue weighted by Crippen LogP contribution is -2.30. The van der Waals surface area contributed by atoms with Crippen LogP contribution >= 0.6 is 0 Å². The quantitative estimate of drug-likeness (QED) is 0.595. The molecule has 1 aromatic rings. The van der Waals surface area contributed by atoms with Crippen molar-refractivity contribution in [2.45, 2.75) is 20.0 Å². The highest BCUT2D eigenvalue weighted by atomic mass is 16.5. The number of ether oxygens (including phenoxy) is 1. The lowest BCUT2D eigenvalue weighted by molar-refractivity contribution is -0.142. The van der Waals surface area contributed by atoms with Gasteiger partial charge in [-0.15, -0.1) is 0 Å². The topological polar surface area (TPSA) is 87.5 Å². The van der Waals surface area contributed by atoms with Crippen molar-refractivity contribution < 1.29 is 19.4 Å². The van der Waals surface area contributed by atoms with Gasteiger partial charge in [0.05, 0.1) is 0 Å². The largest absolute Gasteiger partial charge is 0.481 e. The number of esters is 1. The minimum atomic E-state index is -1.18. The van der Waals surface area contributed by atoms with Crippen LogP contribution in [0.3, 0.4) is 0 Å². The van der Waals surface area contributed by atoms with Crippen LogP contribution in [-0.2, 0) is 20.9 Å². The first-order chi connectivity index (χ1) is 8.56. The summed E-state index contributed by atoms with van der Waals surface area (Å²) in [6, 6.07) is 9.02. The van der Waals surface area contributed by atoms with Gasteiger partial charge in [0.25, 0.3) is 0 Å². The molecule has 96 valence electrons.